The van der Waals surface area contributed by atoms with Crippen molar-refractivity contribution in [1.29, 1.82) is 0 Å². The zero-order valence-electron chi connectivity index (χ0n) is 9.13. The third-order valence-corrected chi connectivity index (χ3v) is 4.42. The minimum atomic E-state index is 0.760. The second-order valence-corrected chi connectivity index (χ2v) is 6.32. The van der Waals surface area contributed by atoms with Gasteiger partial charge in [-0.15, -0.1) is 11.3 Å². The molecule has 2 atom stereocenters. The van der Waals surface area contributed by atoms with E-state index < -0.39 is 0 Å². The van der Waals surface area contributed by atoms with E-state index in [0.29, 0.717) is 0 Å². The molecule has 2 unspecified atom stereocenters. The molecule has 1 heterocycles. The van der Waals surface area contributed by atoms with Gasteiger partial charge in [0.25, 0.3) is 0 Å². The van der Waals surface area contributed by atoms with Gasteiger partial charge in [0.2, 0.25) is 0 Å². The highest BCUT2D eigenvalue weighted by atomic mass is 35.5. The Morgan fingerprint density at radius 3 is 2.93 bits per heavy atom. The van der Waals surface area contributed by atoms with E-state index in [-0.39, 0.29) is 0 Å². The molecule has 0 amide bonds. The standard InChI is InChI=1S/C12H18ClNS/c1-9-2-3-10(8-9)14-7-6-11-4-5-12(13)15-11/h4-5,9-10,14H,2-3,6-8H2,1H3. The van der Waals surface area contributed by atoms with Crippen LogP contribution in [0.4, 0.5) is 0 Å². The summed E-state index contributed by atoms with van der Waals surface area (Å²) in [5.74, 6) is 0.915. The van der Waals surface area contributed by atoms with Crippen LogP contribution in [0.15, 0.2) is 12.1 Å². The van der Waals surface area contributed by atoms with Gasteiger partial charge in [0.1, 0.15) is 0 Å². The van der Waals surface area contributed by atoms with Crippen LogP contribution < -0.4 is 5.32 Å². The summed E-state index contributed by atoms with van der Waals surface area (Å²) in [7, 11) is 0. The van der Waals surface area contributed by atoms with Gasteiger partial charge in [-0.3, -0.25) is 0 Å². The van der Waals surface area contributed by atoms with Gasteiger partial charge in [-0.25, -0.2) is 0 Å². The number of nitrogens with one attached hydrogen (secondary N) is 1. The van der Waals surface area contributed by atoms with Crippen LogP contribution in [-0.2, 0) is 6.42 Å². The fourth-order valence-corrected chi connectivity index (χ4v) is 3.37. The molecule has 1 nitrogen and oxygen atoms in total. The second kappa shape index (κ2) is 5.33. The maximum absolute atomic E-state index is 5.88. The van der Waals surface area contributed by atoms with Gasteiger partial charge in [-0.1, -0.05) is 18.5 Å². The molecular weight excluding hydrogens is 226 g/mol. The SMILES string of the molecule is CC1CCC(NCCc2ccc(Cl)s2)C1. The first-order valence-corrected chi connectivity index (χ1v) is 6.91. The summed E-state index contributed by atoms with van der Waals surface area (Å²) in [6.45, 7) is 3.44. The van der Waals surface area contributed by atoms with Crippen LogP contribution in [0.2, 0.25) is 4.34 Å². The lowest BCUT2D eigenvalue weighted by Gasteiger charge is -2.11. The Morgan fingerprint density at radius 1 is 1.47 bits per heavy atom. The summed E-state index contributed by atoms with van der Waals surface area (Å²) in [6, 6.07) is 4.88. The summed E-state index contributed by atoms with van der Waals surface area (Å²) in [4.78, 5) is 1.39. The number of rotatable bonds is 4. The van der Waals surface area contributed by atoms with Crippen molar-refractivity contribution in [3.8, 4) is 0 Å². The van der Waals surface area contributed by atoms with Crippen LogP contribution in [0.25, 0.3) is 0 Å². The lowest BCUT2D eigenvalue weighted by atomic mass is 10.1. The van der Waals surface area contributed by atoms with Crippen molar-refractivity contribution in [2.24, 2.45) is 5.92 Å². The predicted octanol–water partition coefficient (Wildman–Crippen LogP) is 3.72. The fourth-order valence-electron chi connectivity index (χ4n) is 2.28. The van der Waals surface area contributed by atoms with E-state index in [2.05, 4.69) is 18.3 Å². The first-order valence-electron chi connectivity index (χ1n) is 5.71. The molecule has 1 aromatic rings. The zero-order valence-corrected chi connectivity index (χ0v) is 10.7. The van der Waals surface area contributed by atoms with Crippen molar-refractivity contribution >= 4 is 22.9 Å². The number of hydrogen-bond acceptors (Lipinski definition) is 2. The Labute approximate surface area is 101 Å². The van der Waals surface area contributed by atoms with Gasteiger partial charge in [-0.05, 0) is 43.7 Å². The van der Waals surface area contributed by atoms with Gasteiger partial charge in [-0.2, -0.15) is 0 Å². The minimum absolute atomic E-state index is 0.760. The van der Waals surface area contributed by atoms with Crippen LogP contribution >= 0.6 is 22.9 Å². The highest BCUT2D eigenvalue weighted by molar-refractivity contribution is 7.16. The van der Waals surface area contributed by atoms with E-state index in [0.717, 1.165) is 29.3 Å². The van der Waals surface area contributed by atoms with Gasteiger partial charge < -0.3 is 5.32 Å². The van der Waals surface area contributed by atoms with Crippen LogP contribution in [0.3, 0.4) is 0 Å². The van der Waals surface area contributed by atoms with Gasteiger partial charge >= 0.3 is 0 Å². The Bertz CT molecular complexity index is 310. The first kappa shape index (κ1) is 11.4. The largest absolute Gasteiger partial charge is 0.314 e. The van der Waals surface area contributed by atoms with Gasteiger partial charge in [0, 0.05) is 17.5 Å². The topological polar surface area (TPSA) is 12.0 Å². The Kier molecular flexibility index (Phi) is 4.06. The van der Waals surface area contributed by atoms with Crippen molar-refractivity contribution in [3.05, 3.63) is 21.3 Å². The molecule has 1 saturated carbocycles. The molecule has 1 aromatic heterocycles. The van der Waals surface area contributed by atoms with Gasteiger partial charge in [0.15, 0.2) is 0 Å². The van der Waals surface area contributed by atoms with Gasteiger partial charge in [0.05, 0.1) is 4.34 Å². The lowest BCUT2D eigenvalue weighted by Crippen LogP contribution is -2.28. The van der Waals surface area contributed by atoms with Crippen LogP contribution in [0, 0.1) is 5.92 Å². The summed E-state index contributed by atoms with van der Waals surface area (Å²) in [5, 5.41) is 3.63. The number of thiophene rings is 1. The van der Waals surface area contributed by atoms with Crippen molar-refractivity contribution in [3.63, 3.8) is 0 Å². The summed E-state index contributed by atoms with van der Waals surface area (Å²) >= 11 is 7.58. The third-order valence-electron chi connectivity index (χ3n) is 3.13. The normalized spacial score (nSPS) is 26.0. The van der Waals surface area contributed by atoms with Crippen LogP contribution in [-0.4, -0.2) is 12.6 Å². The molecule has 84 valence electrons. The molecule has 0 aromatic carbocycles. The average molecular weight is 244 g/mol. The molecule has 0 bridgehead atoms. The molecule has 15 heavy (non-hydrogen) atoms. The number of halogens is 1. The molecule has 0 radical (unpaired) electrons. The monoisotopic (exact) mass is 243 g/mol. The average Bonchev–Trinajstić information content (AvgIpc) is 2.76. The molecule has 0 spiro atoms. The molecular formula is C12H18ClNS. The maximum Gasteiger partial charge on any atom is 0.0931 e. The van der Waals surface area contributed by atoms with Crippen molar-refractivity contribution in [2.75, 3.05) is 6.54 Å². The maximum atomic E-state index is 5.88. The molecule has 1 aliphatic rings. The summed E-state index contributed by atoms with van der Waals surface area (Å²) < 4.78 is 0.902. The van der Waals surface area contributed by atoms with Crippen molar-refractivity contribution in [1.82, 2.24) is 5.32 Å². The minimum Gasteiger partial charge on any atom is -0.314 e. The Balaban J connectivity index is 1.67. The predicted molar refractivity (Wildman–Crippen MR) is 67.8 cm³/mol. The van der Waals surface area contributed by atoms with Crippen LogP contribution in [0.1, 0.15) is 31.1 Å². The van der Waals surface area contributed by atoms with Crippen molar-refractivity contribution in [2.45, 2.75) is 38.6 Å². The molecule has 1 fully saturated rings. The molecule has 1 N–H and O–H groups in total. The Morgan fingerprint density at radius 2 is 2.33 bits per heavy atom. The van der Waals surface area contributed by atoms with E-state index in [1.165, 1.54) is 24.1 Å². The lowest BCUT2D eigenvalue weighted by molar-refractivity contribution is 0.506. The molecule has 2 rings (SSSR count). The second-order valence-electron chi connectivity index (χ2n) is 4.53. The zero-order chi connectivity index (χ0) is 10.7. The first-order chi connectivity index (χ1) is 7.24. The highest BCUT2D eigenvalue weighted by Gasteiger charge is 2.20. The molecule has 1 aliphatic carbocycles. The van der Waals surface area contributed by atoms with Crippen molar-refractivity contribution < 1.29 is 0 Å². The quantitative estimate of drug-likeness (QED) is 0.850. The fraction of sp³-hybridized carbons (Fsp3) is 0.667. The summed E-state index contributed by atoms with van der Waals surface area (Å²) in [6.07, 6.45) is 5.21. The van der Waals surface area contributed by atoms with E-state index in [1.54, 1.807) is 11.3 Å². The molecule has 3 heteroatoms. The highest BCUT2D eigenvalue weighted by Crippen LogP contribution is 2.25. The number of hydrogen-bond donors (Lipinski definition) is 1. The molecule has 0 aliphatic heterocycles. The van der Waals surface area contributed by atoms with E-state index in [4.69, 9.17) is 11.6 Å². The van der Waals surface area contributed by atoms with E-state index in [1.807, 2.05) is 6.07 Å². The third kappa shape index (κ3) is 3.47. The van der Waals surface area contributed by atoms with E-state index in [9.17, 15) is 0 Å². The smallest absolute Gasteiger partial charge is 0.0931 e. The Hall–Kier alpha value is -0.0500. The van der Waals surface area contributed by atoms with E-state index >= 15 is 0 Å². The molecule has 0 saturated heterocycles. The van der Waals surface area contributed by atoms with Crippen LogP contribution in [0.5, 0.6) is 0 Å². The summed E-state index contributed by atoms with van der Waals surface area (Å²) in [5.41, 5.74) is 0.